The Hall–Kier alpha value is -0.523. The van der Waals surface area contributed by atoms with Crippen molar-refractivity contribution in [3.8, 4) is 0 Å². The van der Waals surface area contributed by atoms with Gasteiger partial charge in [0.2, 0.25) is 0 Å². The van der Waals surface area contributed by atoms with E-state index in [0.717, 1.165) is 38.5 Å². The summed E-state index contributed by atoms with van der Waals surface area (Å²) in [6.45, 7) is 32.7. The van der Waals surface area contributed by atoms with Crippen LogP contribution in [-0.2, 0) is 19.2 Å². The Kier molecular flexibility index (Phi) is 38.4. The van der Waals surface area contributed by atoms with Crippen molar-refractivity contribution < 1.29 is 39.6 Å². The molecule has 0 spiro atoms. The van der Waals surface area contributed by atoms with Crippen LogP contribution in [0.5, 0.6) is 0 Å². The van der Waals surface area contributed by atoms with Gasteiger partial charge in [0, 0.05) is 23.9 Å². The van der Waals surface area contributed by atoms with E-state index in [4.69, 9.17) is 0 Å². The Balaban J connectivity index is -0.000000325. The fourth-order valence-corrected chi connectivity index (χ4v) is 19.2. The van der Waals surface area contributed by atoms with Gasteiger partial charge in [-0.05, 0) is 63.2 Å². The molecule has 2 unspecified atom stereocenters. The Labute approximate surface area is 354 Å². The summed E-state index contributed by atoms with van der Waals surface area (Å²) in [5.41, 5.74) is 0. The molecule has 2 atom stereocenters. The van der Waals surface area contributed by atoms with E-state index in [0.29, 0.717) is 52.2 Å². The molecule has 0 aliphatic rings. The molecule has 8 nitrogen and oxygen atoms in total. The Bertz CT molecular complexity index is 840. The fourth-order valence-electron chi connectivity index (χ4n) is 6.34. The molecule has 0 aliphatic carbocycles. The van der Waals surface area contributed by atoms with Gasteiger partial charge < -0.3 is 39.6 Å². The third-order valence-electron chi connectivity index (χ3n) is 7.85. The van der Waals surface area contributed by atoms with Crippen molar-refractivity contribution in [1.82, 2.24) is 0 Å². The Morgan fingerprint density at radius 1 is 0.389 bits per heavy atom. The first-order chi connectivity index (χ1) is 24.6. The monoisotopic (exact) mass is 980 g/mol. The third-order valence-corrected chi connectivity index (χ3v) is 16.4. The quantitative estimate of drug-likeness (QED) is 0.0690. The van der Waals surface area contributed by atoms with Crippen LogP contribution in [0.15, 0.2) is 0 Å². The summed E-state index contributed by atoms with van der Waals surface area (Å²) in [6.07, 6.45) is 16.0. The molecule has 0 saturated carbocycles. The molecule has 0 heterocycles. The van der Waals surface area contributed by atoms with Crippen LogP contribution in [0.2, 0.25) is 13.7 Å². The average molecular weight is 979 g/mol. The molecule has 0 rings (SSSR count). The first kappa shape index (κ1) is 60.2. The molecular formula is C44H84O8Sn2. The van der Waals surface area contributed by atoms with Crippen LogP contribution in [0.1, 0.15) is 225 Å². The van der Waals surface area contributed by atoms with E-state index in [1.807, 2.05) is 0 Å². The average Bonchev–Trinajstić information content (AvgIpc) is 2.95. The molecule has 0 amide bonds. The summed E-state index contributed by atoms with van der Waals surface area (Å²) >= 11 is -0.363. The molecule has 316 valence electrons. The summed E-state index contributed by atoms with van der Waals surface area (Å²) in [7, 11) is 0. The van der Waals surface area contributed by atoms with Gasteiger partial charge in [0.25, 0.3) is 0 Å². The molecule has 0 fully saturated rings. The van der Waals surface area contributed by atoms with E-state index in [1.165, 1.54) is 38.5 Å². The van der Waals surface area contributed by atoms with Crippen LogP contribution in [-0.4, -0.2) is 66.2 Å². The van der Waals surface area contributed by atoms with Gasteiger partial charge in [-0.1, -0.05) is 90.9 Å². The van der Waals surface area contributed by atoms with Crippen LogP contribution >= 0.6 is 0 Å². The van der Waals surface area contributed by atoms with Crippen LogP contribution in [0, 0.1) is 11.8 Å². The molecule has 0 aromatic rings. The first-order valence-electron chi connectivity index (χ1n) is 21.0. The third kappa shape index (κ3) is 58.2. The van der Waals surface area contributed by atoms with Crippen molar-refractivity contribution in [2.75, 3.05) is 0 Å². The van der Waals surface area contributed by atoms with Gasteiger partial charge in [0.05, 0.1) is 0 Å². The summed E-state index contributed by atoms with van der Waals surface area (Å²) < 4.78 is 2.62. The topological polar surface area (TPSA) is 161 Å². The normalized spacial score (nSPS) is 12.6. The molecule has 0 aliphatic heterocycles. The summed E-state index contributed by atoms with van der Waals surface area (Å²) in [6, 6.07) is 0. The minimum absolute atomic E-state index is 0.0692. The zero-order valence-corrected chi connectivity index (χ0v) is 43.3. The molecule has 10 heteroatoms. The van der Waals surface area contributed by atoms with Crippen molar-refractivity contribution in [3.05, 3.63) is 0 Å². The van der Waals surface area contributed by atoms with E-state index < -0.39 is 35.7 Å². The second-order valence-corrected chi connectivity index (χ2v) is 37.5. The van der Waals surface area contributed by atoms with E-state index in [1.54, 1.807) is 0 Å². The van der Waals surface area contributed by atoms with E-state index in [-0.39, 0.29) is 55.1 Å². The number of hydrogen-bond donors (Lipinski definition) is 0. The molecule has 0 saturated heterocycles. The summed E-state index contributed by atoms with van der Waals surface area (Å²) in [5, 5.41) is 42.2. The van der Waals surface area contributed by atoms with E-state index in [2.05, 4.69) is 96.9 Å². The number of hydrogen-bond acceptors (Lipinski definition) is 8. The van der Waals surface area contributed by atoms with Gasteiger partial charge in [-0.2, -0.15) is 0 Å². The molecule has 54 heavy (non-hydrogen) atoms. The molecule has 0 bridgehead atoms. The second kappa shape index (κ2) is 34.5. The number of unbranched alkanes of at least 4 members (excludes halogenated alkanes) is 10. The predicted molar refractivity (Wildman–Crippen MR) is 221 cm³/mol. The predicted octanol–water partition coefficient (Wildman–Crippen LogP) is 8.30. The van der Waals surface area contributed by atoms with Crippen molar-refractivity contribution in [1.29, 1.82) is 0 Å². The summed E-state index contributed by atoms with van der Waals surface area (Å²) in [5.74, 6) is -5.35. The molecule has 0 N–H and O–H groups in total. The maximum absolute atomic E-state index is 10.9. The minimum atomic E-state index is -1.12. The van der Waals surface area contributed by atoms with Gasteiger partial charge in [-0.3, -0.25) is 0 Å². The standard InChI is InChI=1S/2C14H26O4.4C4H9.2Sn/c2*1-2-3-4-5-6-7-9-12(14(17)18)10-8-11-13(15)16;4*1-4(2)3;;/h2*12H,2-11H2,1H3,(H,15,16)(H,17,18);4*1-3H3;;/q;;;;;;2*+2/p-4. The van der Waals surface area contributed by atoms with Crippen molar-refractivity contribution >= 4 is 66.2 Å². The van der Waals surface area contributed by atoms with Crippen LogP contribution in [0.4, 0.5) is 0 Å². The van der Waals surface area contributed by atoms with Crippen molar-refractivity contribution in [2.45, 2.75) is 239 Å². The van der Waals surface area contributed by atoms with Gasteiger partial charge in [0.15, 0.2) is 0 Å². The van der Waals surface area contributed by atoms with Crippen molar-refractivity contribution in [2.24, 2.45) is 11.8 Å². The molecular weight excluding hydrogens is 894 g/mol. The van der Waals surface area contributed by atoms with Gasteiger partial charge in [-0.25, -0.2) is 0 Å². The van der Waals surface area contributed by atoms with Gasteiger partial charge in [0.1, 0.15) is 0 Å². The fraction of sp³-hybridized carbons (Fsp3) is 0.909. The number of carboxylic acids is 4. The van der Waals surface area contributed by atoms with Crippen LogP contribution < -0.4 is 20.4 Å². The Morgan fingerprint density at radius 3 is 0.796 bits per heavy atom. The first-order valence-corrected chi connectivity index (χ1v) is 26.7. The second-order valence-electron chi connectivity index (χ2n) is 18.9. The Morgan fingerprint density at radius 2 is 0.611 bits per heavy atom. The van der Waals surface area contributed by atoms with Gasteiger partial charge >= 0.3 is 139 Å². The number of aliphatic carboxylic acids is 4. The van der Waals surface area contributed by atoms with Gasteiger partial charge in [-0.15, -0.1) is 0 Å². The number of carboxylic acid groups (broad SMARTS) is 4. The number of carbonyl (C=O) groups excluding carboxylic acids is 4. The zero-order chi connectivity index (χ0) is 43.0. The molecule has 0 radical (unpaired) electrons. The SMILES string of the molecule is CCCCCCCCC(CCCC(=O)[O-])C(=O)[O-].CCCCCCCCC(CCCC(=O)[O-])C(=O)[O-].C[C](C)(C)[Sn+2][C](C)(C)C.C[C](C)(C)[Sn+2][C](C)(C)C. The molecule has 0 aromatic carbocycles. The molecule has 0 aromatic heterocycles. The summed E-state index contributed by atoms with van der Waals surface area (Å²) in [4.78, 5) is 42.2. The zero-order valence-electron chi connectivity index (χ0n) is 37.6. The number of carbonyl (C=O) groups is 4. The van der Waals surface area contributed by atoms with E-state index in [9.17, 15) is 39.6 Å². The van der Waals surface area contributed by atoms with Crippen LogP contribution in [0.25, 0.3) is 0 Å². The number of rotatable bonds is 24. The maximum atomic E-state index is 10.9. The van der Waals surface area contributed by atoms with E-state index >= 15 is 0 Å². The van der Waals surface area contributed by atoms with Crippen LogP contribution in [0.3, 0.4) is 0 Å². The van der Waals surface area contributed by atoms with Crippen molar-refractivity contribution in [3.63, 3.8) is 0 Å².